The number of benzene rings is 1. The van der Waals surface area contributed by atoms with Gasteiger partial charge in [-0.25, -0.2) is 0 Å². The Bertz CT molecular complexity index is 682. The molecular weight excluding hydrogens is 300 g/mol. The van der Waals surface area contributed by atoms with Crippen molar-refractivity contribution in [2.75, 3.05) is 5.32 Å². The molecule has 0 spiro atoms. The van der Waals surface area contributed by atoms with Crippen LogP contribution in [-0.4, -0.2) is 20.5 Å². The van der Waals surface area contributed by atoms with Crippen molar-refractivity contribution >= 4 is 22.5 Å². The molecule has 0 fully saturated rings. The number of rotatable bonds is 6. The Hall–Kier alpha value is -1.95. The van der Waals surface area contributed by atoms with Gasteiger partial charge < -0.3 is 9.84 Å². The minimum Gasteiger partial charge on any atom is -0.360 e. The molecular formula is C16H20N2O3S. The molecule has 1 aromatic heterocycles. The van der Waals surface area contributed by atoms with E-state index in [1.54, 1.807) is 13.0 Å². The molecule has 0 unspecified atom stereocenters. The van der Waals surface area contributed by atoms with Crippen molar-refractivity contribution in [3.63, 3.8) is 0 Å². The minimum atomic E-state index is -1.29. The molecule has 2 aromatic rings. The number of hydrogen-bond acceptors (Lipinski definition) is 4. The van der Waals surface area contributed by atoms with E-state index in [0.29, 0.717) is 23.8 Å². The molecule has 1 N–H and O–H groups in total. The van der Waals surface area contributed by atoms with Gasteiger partial charge in [0.15, 0.2) is 5.82 Å². The van der Waals surface area contributed by atoms with Gasteiger partial charge in [-0.1, -0.05) is 36.3 Å². The highest BCUT2D eigenvalue weighted by Crippen LogP contribution is 2.16. The van der Waals surface area contributed by atoms with Crippen LogP contribution in [0, 0.1) is 13.8 Å². The largest absolute Gasteiger partial charge is 0.360 e. The van der Waals surface area contributed by atoms with Crippen LogP contribution >= 0.6 is 0 Å². The smallest absolute Gasteiger partial charge is 0.241 e. The van der Waals surface area contributed by atoms with Crippen LogP contribution in [0.1, 0.15) is 30.2 Å². The maximum atomic E-state index is 12.5. The zero-order valence-electron chi connectivity index (χ0n) is 13.0. The Balaban J connectivity index is 2.05. The first kappa shape index (κ1) is 16.4. The second-order valence-corrected chi connectivity index (χ2v) is 6.78. The molecule has 1 heterocycles. The summed E-state index contributed by atoms with van der Waals surface area (Å²) in [6.45, 7) is 5.58. The van der Waals surface area contributed by atoms with Gasteiger partial charge in [0.2, 0.25) is 5.91 Å². The van der Waals surface area contributed by atoms with Crippen LogP contribution in [-0.2, 0) is 21.3 Å². The highest BCUT2D eigenvalue weighted by atomic mass is 32.2. The van der Waals surface area contributed by atoms with Gasteiger partial charge in [-0.05, 0) is 31.4 Å². The van der Waals surface area contributed by atoms with Crippen molar-refractivity contribution in [3.8, 4) is 0 Å². The van der Waals surface area contributed by atoms with Gasteiger partial charge in [-0.2, -0.15) is 0 Å². The molecule has 6 heteroatoms. The summed E-state index contributed by atoms with van der Waals surface area (Å²) in [5.74, 6) is 1.05. The Morgan fingerprint density at radius 2 is 2.09 bits per heavy atom. The zero-order valence-corrected chi connectivity index (χ0v) is 13.8. The summed E-state index contributed by atoms with van der Waals surface area (Å²) in [5, 5.41) is 5.81. The van der Waals surface area contributed by atoms with Gasteiger partial charge in [-0.15, -0.1) is 0 Å². The van der Waals surface area contributed by atoms with E-state index < -0.39 is 16.0 Å². The van der Waals surface area contributed by atoms with E-state index in [1.807, 2.05) is 38.1 Å². The Morgan fingerprint density at radius 1 is 1.36 bits per heavy atom. The van der Waals surface area contributed by atoms with E-state index >= 15 is 0 Å². The molecule has 22 heavy (non-hydrogen) atoms. The molecule has 5 nitrogen and oxygen atoms in total. The predicted molar refractivity (Wildman–Crippen MR) is 87.0 cm³/mol. The van der Waals surface area contributed by atoms with Crippen LogP contribution in [0.25, 0.3) is 0 Å². The average Bonchev–Trinajstić information content (AvgIpc) is 2.87. The van der Waals surface area contributed by atoms with Gasteiger partial charge in [0, 0.05) is 22.6 Å². The van der Waals surface area contributed by atoms with Gasteiger partial charge in [0.05, 0.1) is 0 Å². The first-order chi connectivity index (χ1) is 10.5. The number of aromatic nitrogens is 1. The van der Waals surface area contributed by atoms with E-state index in [4.69, 9.17) is 4.52 Å². The van der Waals surface area contributed by atoms with Crippen LogP contribution in [0.3, 0.4) is 0 Å². The molecule has 2 rings (SSSR count). The average molecular weight is 320 g/mol. The quantitative estimate of drug-likeness (QED) is 0.888. The summed E-state index contributed by atoms with van der Waals surface area (Å²) < 4.78 is 17.4. The second kappa shape index (κ2) is 7.35. The van der Waals surface area contributed by atoms with Crippen molar-refractivity contribution < 1.29 is 13.5 Å². The number of amides is 1. The summed E-state index contributed by atoms with van der Waals surface area (Å²) in [5.41, 5.74) is 2.09. The van der Waals surface area contributed by atoms with E-state index in [0.717, 1.165) is 11.1 Å². The standard InChI is InChI=1S/C16H20N2O3S/c1-4-14(16(19)17-15-9-12(3)21-18-15)22(20)10-13-8-6-5-7-11(13)2/h5-9,14H,4,10H2,1-3H3,(H,17,18,19)/t14-,22-/m0/s1. The topological polar surface area (TPSA) is 72.2 Å². The predicted octanol–water partition coefficient (Wildman–Crippen LogP) is 2.96. The van der Waals surface area contributed by atoms with E-state index in [2.05, 4.69) is 10.5 Å². The molecule has 2 atom stereocenters. The molecule has 0 aliphatic carbocycles. The highest BCUT2D eigenvalue weighted by Gasteiger charge is 2.24. The van der Waals surface area contributed by atoms with Crippen LogP contribution in [0.2, 0.25) is 0 Å². The molecule has 0 radical (unpaired) electrons. The molecule has 1 aromatic carbocycles. The fourth-order valence-corrected chi connectivity index (χ4v) is 3.65. The molecule has 0 aliphatic rings. The Kier molecular flexibility index (Phi) is 5.49. The number of carbonyl (C=O) groups excluding carboxylic acids is 1. The summed E-state index contributed by atoms with van der Waals surface area (Å²) in [4.78, 5) is 12.3. The lowest BCUT2D eigenvalue weighted by atomic mass is 10.1. The fraction of sp³-hybridized carbons (Fsp3) is 0.375. The number of hydrogen-bond donors (Lipinski definition) is 1. The van der Waals surface area contributed by atoms with E-state index in [1.165, 1.54) is 0 Å². The summed E-state index contributed by atoms with van der Waals surface area (Å²) >= 11 is 0. The van der Waals surface area contributed by atoms with Gasteiger partial charge >= 0.3 is 0 Å². The molecule has 118 valence electrons. The second-order valence-electron chi connectivity index (χ2n) is 5.16. The fourth-order valence-electron chi connectivity index (χ4n) is 2.15. The lowest BCUT2D eigenvalue weighted by Crippen LogP contribution is -2.32. The maximum Gasteiger partial charge on any atom is 0.241 e. The van der Waals surface area contributed by atoms with Gasteiger partial charge in [0.1, 0.15) is 11.0 Å². The summed E-state index contributed by atoms with van der Waals surface area (Å²) in [6.07, 6.45) is 0.501. The molecule has 0 bridgehead atoms. The number of carbonyl (C=O) groups is 1. The zero-order chi connectivity index (χ0) is 16.1. The van der Waals surface area contributed by atoms with E-state index in [9.17, 15) is 9.00 Å². The first-order valence-corrected chi connectivity index (χ1v) is 8.55. The van der Waals surface area contributed by atoms with E-state index in [-0.39, 0.29) is 5.91 Å². The summed E-state index contributed by atoms with van der Waals surface area (Å²) in [7, 11) is -1.29. The third-order valence-corrected chi connectivity index (χ3v) is 5.20. The van der Waals surface area contributed by atoms with Crippen molar-refractivity contribution in [2.45, 2.75) is 38.2 Å². The third-order valence-electron chi connectivity index (χ3n) is 3.42. The molecule has 1 amide bonds. The molecule has 0 saturated carbocycles. The SMILES string of the molecule is CC[C@@H](C(=O)Nc1cc(C)on1)[S@@](=O)Cc1ccccc1C. The lowest BCUT2D eigenvalue weighted by molar-refractivity contribution is -0.115. The maximum absolute atomic E-state index is 12.5. The van der Waals surface area contributed by atoms with Crippen molar-refractivity contribution in [2.24, 2.45) is 0 Å². The van der Waals surface area contributed by atoms with Crippen LogP contribution in [0.15, 0.2) is 34.9 Å². The normalized spacial score (nSPS) is 13.6. The van der Waals surface area contributed by atoms with Crippen LogP contribution in [0.5, 0.6) is 0 Å². The van der Waals surface area contributed by atoms with Crippen LogP contribution < -0.4 is 5.32 Å². The van der Waals surface area contributed by atoms with Gasteiger partial charge in [0.25, 0.3) is 0 Å². The Labute approximate surface area is 132 Å². The summed E-state index contributed by atoms with van der Waals surface area (Å²) in [6, 6.07) is 9.41. The monoisotopic (exact) mass is 320 g/mol. The first-order valence-electron chi connectivity index (χ1n) is 7.17. The van der Waals surface area contributed by atoms with Crippen LogP contribution in [0.4, 0.5) is 5.82 Å². The lowest BCUT2D eigenvalue weighted by Gasteiger charge is -2.14. The number of nitrogens with zero attached hydrogens (tertiary/aromatic N) is 1. The van der Waals surface area contributed by atoms with Crippen molar-refractivity contribution in [1.82, 2.24) is 5.16 Å². The van der Waals surface area contributed by atoms with Gasteiger partial charge in [-0.3, -0.25) is 9.00 Å². The minimum absolute atomic E-state index is 0.289. The number of nitrogens with one attached hydrogen (secondary N) is 1. The third kappa shape index (κ3) is 4.04. The number of anilines is 1. The highest BCUT2D eigenvalue weighted by molar-refractivity contribution is 7.85. The van der Waals surface area contributed by atoms with Crippen molar-refractivity contribution in [1.29, 1.82) is 0 Å². The molecule has 0 aliphatic heterocycles. The number of aryl methyl sites for hydroxylation is 2. The Morgan fingerprint density at radius 3 is 2.68 bits per heavy atom. The molecule has 0 saturated heterocycles. The van der Waals surface area contributed by atoms with Crippen molar-refractivity contribution in [3.05, 3.63) is 47.2 Å².